The maximum Gasteiger partial charge on any atom is 0.335 e. The van der Waals surface area contributed by atoms with Gasteiger partial charge in [-0.2, -0.15) is 0 Å². The van der Waals surface area contributed by atoms with Gasteiger partial charge in [-0.3, -0.25) is 4.79 Å². The normalized spacial score (nSPS) is 12.7. The maximum absolute atomic E-state index is 11.0. The lowest BCUT2D eigenvalue weighted by Gasteiger charge is -2.13. The molecule has 6 nitrogen and oxygen atoms in total. The zero-order chi connectivity index (χ0) is 16.7. The van der Waals surface area contributed by atoms with Crippen molar-refractivity contribution in [1.82, 2.24) is 0 Å². The molecule has 0 aliphatic heterocycles. The molecule has 0 fully saturated rings. The Morgan fingerprint density at radius 2 is 1.67 bits per heavy atom. The van der Waals surface area contributed by atoms with Crippen molar-refractivity contribution >= 4 is 11.9 Å². The average Bonchev–Trinajstić information content (AvgIpc) is 2.50. The molecule has 0 N–H and O–H groups in total. The molecule has 0 aromatic rings. The maximum atomic E-state index is 11.0. The second kappa shape index (κ2) is 15.3. The van der Waals surface area contributed by atoms with Gasteiger partial charge in [-0.05, 0) is 26.7 Å². The van der Waals surface area contributed by atoms with Gasteiger partial charge in [0, 0.05) is 14.2 Å². The molecule has 126 valence electrons. The minimum atomic E-state index is -0.455. The summed E-state index contributed by atoms with van der Waals surface area (Å²) < 4.78 is 19.2. The standard InChI is InChI=1S/C8H16O3.C7H14O3/c1-5-6(2)11-8(9)7(3)10-4;1-3-5-10-7(8)4-6-9-2/h6-7H,5H2,1-4H3;3-6H2,1-2H3. The highest BCUT2D eigenvalue weighted by molar-refractivity contribution is 5.74. The smallest absolute Gasteiger partial charge is 0.335 e. The second-order valence-corrected chi connectivity index (χ2v) is 4.50. The molecule has 0 saturated carbocycles. The summed E-state index contributed by atoms with van der Waals surface area (Å²) in [5, 5.41) is 0. The molecule has 0 aliphatic carbocycles. The lowest BCUT2D eigenvalue weighted by molar-refractivity contribution is -0.159. The van der Waals surface area contributed by atoms with E-state index in [1.165, 1.54) is 7.11 Å². The highest BCUT2D eigenvalue weighted by atomic mass is 16.6. The van der Waals surface area contributed by atoms with E-state index in [4.69, 9.17) is 18.9 Å². The molecule has 0 spiro atoms. The summed E-state index contributed by atoms with van der Waals surface area (Å²) in [5.41, 5.74) is 0. The zero-order valence-electron chi connectivity index (χ0n) is 14.1. The van der Waals surface area contributed by atoms with Gasteiger partial charge in [0.15, 0.2) is 6.10 Å². The number of rotatable bonds is 9. The molecule has 2 atom stereocenters. The summed E-state index contributed by atoms with van der Waals surface area (Å²) >= 11 is 0. The Labute approximate surface area is 128 Å². The Balaban J connectivity index is 0. The van der Waals surface area contributed by atoms with Gasteiger partial charge in [-0.25, -0.2) is 4.79 Å². The van der Waals surface area contributed by atoms with E-state index >= 15 is 0 Å². The first kappa shape index (κ1) is 22.1. The van der Waals surface area contributed by atoms with Crippen molar-refractivity contribution in [3.8, 4) is 0 Å². The molecule has 0 aromatic carbocycles. The van der Waals surface area contributed by atoms with Crippen molar-refractivity contribution in [2.75, 3.05) is 27.4 Å². The quantitative estimate of drug-likeness (QED) is 0.609. The lowest BCUT2D eigenvalue weighted by Crippen LogP contribution is -2.25. The number of ether oxygens (including phenoxy) is 4. The fourth-order valence-electron chi connectivity index (χ4n) is 0.947. The molecule has 0 saturated heterocycles. The topological polar surface area (TPSA) is 71.1 Å². The van der Waals surface area contributed by atoms with Crippen LogP contribution in [0.15, 0.2) is 0 Å². The molecule has 0 bridgehead atoms. The summed E-state index contributed by atoms with van der Waals surface area (Å²) in [4.78, 5) is 21.7. The number of hydrogen-bond donors (Lipinski definition) is 0. The first-order valence-electron chi connectivity index (χ1n) is 7.30. The van der Waals surface area contributed by atoms with Crippen LogP contribution < -0.4 is 0 Å². The van der Waals surface area contributed by atoms with Gasteiger partial charge in [0.25, 0.3) is 0 Å². The minimum absolute atomic E-state index is 0.0138. The van der Waals surface area contributed by atoms with E-state index in [0.717, 1.165) is 12.8 Å². The highest BCUT2D eigenvalue weighted by Crippen LogP contribution is 2.00. The van der Waals surface area contributed by atoms with Gasteiger partial charge in [-0.15, -0.1) is 0 Å². The van der Waals surface area contributed by atoms with Crippen molar-refractivity contribution in [1.29, 1.82) is 0 Å². The van der Waals surface area contributed by atoms with Crippen molar-refractivity contribution < 1.29 is 28.5 Å². The van der Waals surface area contributed by atoms with Crippen molar-refractivity contribution in [3.63, 3.8) is 0 Å². The Bertz CT molecular complexity index is 257. The molecule has 0 aliphatic rings. The van der Waals surface area contributed by atoms with Crippen LogP contribution in [0.1, 0.15) is 47.0 Å². The third-order valence-electron chi connectivity index (χ3n) is 2.56. The molecule has 0 aromatic heterocycles. The largest absolute Gasteiger partial charge is 0.466 e. The van der Waals surface area contributed by atoms with E-state index in [9.17, 15) is 9.59 Å². The van der Waals surface area contributed by atoms with Gasteiger partial charge < -0.3 is 18.9 Å². The number of esters is 2. The summed E-state index contributed by atoms with van der Waals surface area (Å²) in [6, 6.07) is 0. The highest BCUT2D eigenvalue weighted by Gasteiger charge is 2.14. The molecule has 0 rings (SSSR count). The third-order valence-corrected chi connectivity index (χ3v) is 2.56. The first-order chi connectivity index (χ1) is 9.92. The van der Waals surface area contributed by atoms with Crippen molar-refractivity contribution in [2.45, 2.75) is 59.2 Å². The molecule has 21 heavy (non-hydrogen) atoms. The second-order valence-electron chi connectivity index (χ2n) is 4.50. The van der Waals surface area contributed by atoms with Crippen LogP contribution in [0.3, 0.4) is 0 Å². The Morgan fingerprint density at radius 1 is 1.05 bits per heavy atom. The van der Waals surface area contributed by atoms with Crippen LogP contribution in [-0.4, -0.2) is 51.6 Å². The monoisotopic (exact) mass is 306 g/mol. The van der Waals surface area contributed by atoms with Crippen LogP contribution in [0.2, 0.25) is 0 Å². The van der Waals surface area contributed by atoms with Crippen LogP contribution in [0.4, 0.5) is 0 Å². The molecule has 0 amide bonds. The number of carbonyl (C=O) groups is 2. The van der Waals surface area contributed by atoms with Crippen LogP contribution in [-0.2, 0) is 28.5 Å². The minimum Gasteiger partial charge on any atom is -0.466 e. The molecular formula is C15H30O6. The Morgan fingerprint density at radius 3 is 2.10 bits per heavy atom. The SMILES string of the molecule is CCC(C)OC(=O)C(C)OC.CCCOC(=O)CCOC. The fourth-order valence-corrected chi connectivity index (χ4v) is 0.947. The van der Waals surface area contributed by atoms with Gasteiger partial charge >= 0.3 is 11.9 Å². The van der Waals surface area contributed by atoms with Gasteiger partial charge in [0.2, 0.25) is 0 Å². The van der Waals surface area contributed by atoms with Gasteiger partial charge in [0.1, 0.15) is 0 Å². The number of methoxy groups -OCH3 is 2. The van der Waals surface area contributed by atoms with E-state index in [1.54, 1.807) is 14.0 Å². The first-order valence-corrected chi connectivity index (χ1v) is 7.30. The van der Waals surface area contributed by atoms with Crippen LogP contribution in [0.5, 0.6) is 0 Å². The predicted molar refractivity (Wildman–Crippen MR) is 80.1 cm³/mol. The van der Waals surface area contributed by atoms with Crippen LogP contribution >= 0.6 is 0 Å². The van der Waals surface area contributed by atoms with Crippen molar-refractivity contribution in [3.05, 3.63) is 0 Å². The average molecular weight is 306 g/mol. The summed E-state index contributed by atoms with van der Waals surface area (Å²) in [7, 11) is 3.05. The predicted octanol–water partition coefficient (Wildman–Crippen LogP) is 2.34. The fraction of sp³-hybridized carbons (Fsp3) is 0.867. The Kier molecular flexibility index (Phi) is 16.1. The van der Waals surface area contributed by atoms with E-state index < -0.39 is 6.10 Å². The van der Waals surface area contributed by atoms with Crippen LogP contribution in [0.25, 0.3) is 0 Å². The lowest BCUT2D eigenvalue weighted by atomic mass is 10.3. The third kappa shape index (κ3) is 15.1. The van der Waals surface area contributed by atoms with Gasteiger partial charge in [0.05, 0.1) is 25.7 Å². The molecule has 0 heterocycles. The Hall–Kier alpha value is -1.14. The zero-order valence-corrected chi connectivity index (χ0v) is 14.1. The van der Waals surface area contributed by atoms with Crippen molar-refractivity contribution in [2.24, 2.45) is 0 Å². The van der Waals surface area contributed by atoms with Gasteiger partial charge in [-0.1, -0.05) is 13.8 Å². The van der Waals surface area contributed by atoms with E-state index in [0.29, 0.717) is 19.6 Å². The summed E-state index contributed by atoms with van der Waals surface area (Å²) in [6.45, 7) is 8.43. The summed E-state index contributed by atoms with van der Waals surface area (Å²) in [5.74, 6) is -0.467. The summed E-state index contributed by atoms with van der Waals surface area (Å²) in [6.07, 6.45) is 1.60. The van der Waals surface area contributed by atoms with Crippen LogP contribution in [0, 0.1) is 0 Å². The molecule has 2 unspecified atom stereocenters. The molecule has 6 heteroatoms. The number of hydrogen-bond acceptors (Lipinski definition) is 6. The molecular weight excluding hydrogens is 276 g/mol. The van der Waals surface area contributed by atoms with E-state index in [-0.39, 0.29) is 18.0 Å². The van der Waals surface area contributed by atoms with E-state index in [2.05, 4.69) is 0 Å². The molecule has 0 radical (unpaired) electrons. The number of carbonyl (C=O) groups excluding carboxylic acids is 2. The van der Waals surface area contributed by atoms with E-state index in [1.807, 2.05) is 20.8 Å².